The van der Waals surface area contributed by atoms with Crippen LogP contribution >= 0.6 is 12.2 Å². The van der Waals surface area contributed by atoms with Crippen LogP contribution in [0.5, 0.6) is 5.75 Å². The van der Waals surface area contributed by atoms with Crippen LogP contribution in [-0.4, -0.2) is 16.2 Å². The molecule has 0 radical (unpaired) electrons. The van der Waals surface area contributed by atoms with Gasteiger partial charge in [-0.3, -0.25) is 4.79 Å². The lowest BCUT2D eigenvalue weighted by molar-refractivity contribution is 0.296. The van der Waals surface area contributed by atoms with Crippen molar-refractivity contribution in [2.75, 3.05) is 6.61 Å². The van der Waals surface area contributed by atoms with E-state index >= 15 is 0 Å². The number of ether oxygens (including phenoxy) is 1. The summed E-state index contributed by atoms with van der Waals surface area (Å²) >= 11 is 4.97. The lowest BCUT2D eigenvalue weighted by Crippen LogP contribution is -2.22. The van der Waals surface area contributed by atoms with Gasteiger partial charge < -0.3 is 15.0 Å². The molecule has 20 heavy (non-hydrogen) atoms. The van der Waals surface area contributed by atoms with Crippen LogP contribution in [0.1, 0.15) is 11.1 Å². The molecule has 1 aromatic heterocycles. The van der Waals surface area contributed by atoms with Gasteiger partial charge in [-0.25, -0.2) is 0 Å². The first-order valence-corrected chi connectivity index (χ1v) is 6.67. The van der Waals surface area contributed by atoms with Crippen molar-refractivity contribution < 1.29 is 4.74 Å². The normalized spacial score (nSPS) is 10.2. The van der Waals surface area contributed by atoms with Gasteiger partial charge in [0, 0.05) is 12.3 Å². The zero-order valence-corrected chi connectivity index (χ0v) is 12.0. The summed E-state index contributed by atoms with van der Waals surface area (Å²) in [7, 11) is 0. The van der Waals surface area contributed by atoms with Crippen molar-refractivity contribution in [3.8, 4) is 5.75 Å². The molecular weight excluding hydrogens is 272 g/mol. The van der Waals surface area contributed by atoms with Gasteiger partial charge in [0.2, 0.25) is 0 Å². The molecule has 0 aliphatic carbocycles. The number of benzene rings is 1. The van der Waals surface area contributed by atoms with E-state index in [1.165, 1.54) is 0 Å². The molecule has 2 rings (SSSR count). The number of hydrogen-bond donors (Lipinski definition) is 1. The number of pyridine rings is 1. The molecule has 0 saturated carbocycles. The molecule has 0 aliphatic heterocycles. The van der Waals surface area contributed by atoms with Crippen LogP contribution in [0.4, 0.5) is 0 Å². The molecule has 0 spiro atoms. The van der Waals surface area contributed by atoms with Crippen molar-refractivity contribution in [2.45, 2.75) is 13.5 Å². The van der Waals surface area contributed by atoms with Crippen molar-refractivity contribution in [3.63, 3.8) is 0 Å². The molecule has 0 amide bonds. The third kappa shape index (κ3) is 3.45. The SMILES string of the molecule is Cc1ccn(CCOc2ccccc2C(N)=S)c(=O)c1. The summed E-state index contributed by atoms with van der Waals surface area (Å²) in [6.07, 6.45) is 1.76. The number of aryl methyl sites for hydroxylation is 1. The van der Waals surface area contributed by atoms with Gasteiger partial charge in [-0.15, -0.1) is 0 Å². The largest absolute Gasteiger partial charge is 0.491 e. The summed E-state index contributed by atoms with van der Waals surface area (Å²) in [4.78, 5) is 12.0. The highest BCUT2D eigenvalue weighted by Crippen LogP contribution is 2.17. The maximum atomic E-state index is 11.7. The maximum Gasteiger partial charge on any atom is 0.250 e. The smallest absolute Gasteiger partial charge is 0.250 e. The molecule has 4 nitrogen and oxygen atoms in total. The Morgan fingerprint density at radius 2 is 2.10 bits per heavy atom. The molecular formula is C15H16N2O2S. The Morgan fingerprint density at radius 1 is 1.35 bits per heavy atom. The lowest BCUT2D eigenvalue weighted by Gasteiger charge is -2.11. The van der Waals surface area contributed by atoms with Crippen LogP contribution in [0, 0.1) is 6.92 Å². The predicted octanol–water partition coefficient (Wildman–Crippen LogP) is 1.87. The Kier molecular flexibility index (Phi) is 4.53. The molecule has 1 heterocycles. The molecule has 2 N–H and O–H groups in total. The Labute approximate surface area is 122 Å². The van der Waals surface area contributed by atoms with E-state index in [2.05, 4.69) is 0 Å². The van der Waals surface area contributed by atoms with E-state index in [0.717, 1.165) is 5.56 Å². The summed E-state index contributed by atoms with van der Waals surface area (Å²) in [5.74, 6) is 0.639. The van der Waals surface area contributed by atoms with Crippen molar-refractivity contribution in [1.29, 1.82) is 0 Å². The molecule has 5 heteroatoms. The monoisotopic (exact) mass is 288 g/mol. The van der Waals surface area contributed by atoms with Crippen molar-refractivity contribution in [3.05, 3.63) is 64.1 Å². The van der Waals surface area contributed by atoms with Gasteiger partial charge in [-0.1, -0.05) is 24.4 Å². The van der Waals surface area contributed by atoms with Gasteiger partial charge in [-0.05, 0) is 30.7 Å². The fraction of sp³-hybridized carbons (Fsp3) is 0.200. The van der Waals surface area contributed by atoms with Gasteiger partial charge in [0.1, 0.15) is 17.3 Å². The highest BCUT2D eigenvalue weighted by atomic mass is 32.1. The minimum absolute atomic E-state index is 0.0313. The summed E-state index contributed by atoms with van der Waals surface area (Å²) in [6, 6.07) is 10.8. The Balaban J connectivity index is 2.03. The number of nitrogens with zero attached hydrogens (tertiary/aromatic N) is 1. The van der Waals surface area contributed by atoms with E-state index in [4.69, 9.17) is 22.7 Å². The first-order chi connectivity index (χ1) is 9.58. The zero-order chi connectivity index (χ0) is 14.5. The van der Waals surface area contributed by atoms with Crippen LogP contribution < -0.4 is 16.0 Å². The molecule has 0 bridgehead atoms. The Hall–Kier alpha value is -2.14. The van der Waals surface area contributed by atoms with Crippen LogP contribution in [0.15, 0.2) is 47.4 Å². The zero-order valence-electron chi connectivity index (χ0n) is 11.2. The molecule has 0 unspecified atom stereocenters. The molecule has 0 aliphatic rings. The van der Waals surface area contributed by atoms with E-state index in [1.54, 1.807) is 16.8 Å². The number of rotatable bonds is 5. The summed E-state index contributed by atoms with van der Waals surface area (Å²) in [5, 5.41) is 0. The number of thiocarbonyl (C=S) groups is 1. The average Bonchev–Trinajstić information content (AvgIpc) is 2.41. The van der Waals surface area contributed by atoms with E-state index in [1.807, 2.05) is 37.3 Å². The van der Waals surface area contributed by atoms with Crippen LogP contribution in [0.2, 0.25) is 0 Å². The summed E-state index contributed by atoms with van der Waals surface area (Å²) in [5.41, 5.74) is 7.26. The highest BCUT2D eigenvalue weighted by Gasteiger charge is 2.05. The molecule has 0 atom stereocenters. The topological polar surface area (TPSA) is 57.2 Å². The third-order valence-electron chi connectivity index (χ3n) is 2.89. The minimum Gasteiger partial charge on any atom is -0.491 e. The minimum atomic E-state index is -0.0313. The van der Waals surface area contributed by atoms with Crippen molar-refractivity contribution in [1.82, 2.24) is 4.57 Å². The number of aromatic nitrogens is 1. The standard InChI is InChI=1S/C15H16N2O2S/c1-11-6-7-17(14(18)10-11)8-9-19-13-5-3-2-4-12(13)15(16)20/h2-7,10H,8-9H2,1H3,(H2,16,20). The van der Waals surface area contributed by atoms with Gasteiger partial charge >= 0.3 is 0 Å². The predicted molar refractivity (Wildman–Crippen MR) is 83.3 cm³/mol. The third-order valence-corrected chi connectivity index (χ3v) is 3.11. The van der Waals surface area contributed by atoms with E-state index < -0.39 is 0 Å². The fourth-order valence-corrected chi connectivity index (χ4v) is 2.01. The van der Waals surface area contributed by atoms with E-state index in [9.17, 15) is 4.79 Å². The second kappa shape index (κ2) is 6.34. The highest BCUT2D eigenvalue weighted by molar-refractivity contribution is 7.80. The molecule has 1 aromatic carbocycles. The maximum absolute atomic E-state index is 11.7. The number of nitrogens with two attached hydrogens (primary N) is 1. The van der Waals surface area contributed by atoms with Gasteiger partial charge in [-0.2, -0.15) is 0 Å². The second-order valence-electron chi connectivity index (χ2n) is 4.44. The van der Waals surface area contributed by atoms with Gasteiger partial charge in [0.15, 0.2) is 0 Å². The van der Waals surface area contributed by atoms with Crippen LogP contribution in [0.3, 0.4) is 0 Å². The Bertz CT molecular complexity index is 680. The van der Waals surface area contributed by atoms with Crippen LogP contribution in [-0.2, 0) is 6.54 Å². The van der Waals surface area contributed by atoms with Crippen molar-refractivity contribution in [2.24, 2.45) is 5.73 Å². The quantitative estimate of drug-likeness (QED) is 0.853. The van der Waals surface area contributed by atoms with Crippen LogP contribution in [0.25, 0.3) is 0 Å². The van der Waals surface area contributed by atoms with Crippen molar-refractivity contribution >= 4 is 17.2 Å². The Morgan fingerprint density at radius 3 is 2.80 bits per heavy atom. The van der Waals surface area contributed by atoms with E-state index in [-0.39, 0.29) is 5.56 Å². The van der Waals surface area contributed by atoms with E-state index in [0.29, 0.717) is 29.5 Å². The van der Waals surface area contributed by atoms with Gasteiger partial charge in [0.25, 0.3) is 5.56 Å². The molecule has 0 fully saturated rings. The first kappa shape index (κ1) is 14.3. The summed E-state index contributed by atoms with van der Waals surface area (Å²) in [6.45, 7) is 2.74. The molecule has 0 saturated heterocycles. The number of para-hydroxylation sites is 1. The second-order valence-corrected chi connectivity index (χ2v) is 4.88. The lowest BCUT2D eigenvalue weighted by atomic mass is 10.2. The van der Waals surface area contributed by atoms with Gasteiger partial charge in [0.05, 0.1) is 12.1 Å². The average molecular weight is 288 g/mol. The number of hydrogen-bond acceptors (Lipinski definition) is 3. The molecule has 2 aromatic rings. The molecule has 104 valence electrons. The fourth-order valence-electron chi connectivity index (χ4n) is 1.84. The summed E-state index contributed by atoms with van der Waals surface area (Å²) < 4.78 is 7.27. The first-order valence-electron chi connectivity index (χ1n) is 6.26.